The molecule has 0 bridgehead atoms. The van der Waals surface area contributed by atoms with Gasteiger partial charge in [-0.05, 0) is 29.7 Å². The summed E-state index contributed by atoms with van der Waals surface area (Å²) in [7, 11) is 1.49. The predicted octanol–water partition coefficient (Wildman–Crippen LogP) is 3.48. The molecule has 134 valence electrons. The van der Waals surface area contributed by atoms with E-state index in [4.69, 9.17) is 25.8 Å². The van der Waals surface area contributed by atoms with Crippen molar-refractivity contribution in [2.75, 3.05) is 19.6 Å². The maximum absolute atomic E-state index is 12.1. The maximum Gasteiger partial charge on any atom is 0.339 e. The second-order valence-electron chi connectivity index (χ2n) is 5.30. The van der Waals surface area contributed by atoms with E-state index in [-0.39, 0.29) is 6.61 Å². The van der Waals surface area contributed by atoms with Crippen molar-refractivity contribution in [3.63, 3.8) is 0 Å². The molecule has 1 atom stereocenters. The van der Waals surface area contributed by atoms with Crippen LogP contribution in [-0.4, -0.2) is 30.7 Å². The molecule has 0 heterocycles. The minimum absolute atomic E-state index is 0.105. The van der Waals surface area contributed by atoms with E-state index in [0.29, 0.717) is 36.0 Å². The van der Waals surface area contributed by atoms with Crippen LogP contribution in [0, 0.1) is 0 Å². The van der Waals surface area contributed by atoms with E-state index in [9.17, 15) is 9.90 Å². The minimum atomic E-state index is -1.39. The lowest BCUT2D eigenvalue weighted by molar-refractivity contribution is -0.155. The van der Waals surface area contributed by atoms with Crippen molar-refractivity contribution >= 4 is 17.6 Å². The SMILES string of the molecule is COc1cc(C(O)C(=O)OCc2ccccc2)ccc1OCCCCl. The van der Waals surface area contributed by atoms with Gasteiger partial charge in [0.1, 0.15) is 6.61 Å². The molecular formula is C19H21ClO5. The Morgan fingerprint density at radius 1 is 1.16 bits per heavy atom. The Bertz CT molecular complexity index is 675. The van der Waals surface area contributed by atoms with Crippen molar-refractivity contribution in [1.29, 1.82) is 0 Å². The summed E-state index contributed by atoms with van der Waals surface area (Å²) in [6, 6.07) is 14.1. The molecule has 2 aromatic carbocycles. The molecular weight excluding hydrogens is 344 g/mol. The second kappa shape index (κ2) is 9.91. The van der Waals surface area contributed by atoms with Gasteiger partial charge >= 0.3 is 5.97 Å². The van der Waals surface area contributed by atoms with E-state index in [2.05, 4.69) is 0 Å². The molecule has 0 amide bonds. The first-order valence-electron chi connectivity index (χ1n) is 7.91. The zero-order valence-corrected chi connectivity index (χ0v) is 14.7. The monoisotopic (exact) mass is 364 g/mol. The molecule has 1 unspecified atom stereocenters. The van der Waals surface area contributed by atoms with Crippen molar-refractivity contribution < 1.29 is 24.1 Å². The van der Waals surface area contributed by atoms with Crippen molar-refractivity contribution in [1.82, 2.24) is 0 Å². The number of halogens is 1. The number of aliphatic hydroxyl groups excluding tert-OH is 1. The number of methoxy groups -OCH3 is 1. The summed E-state index contributed by atoms with van der Waals surface area (Å²) in [6.45, 7) is 0.564. The van der Waals surface area contributed by atoms with E-state index in [0.717, 1.165) is 5.56 Å². The van der Waals surface area contributed by atoms with Crippen LogP contribution in [0.5, 0.6) is 11.5 Å². The Morgan fingerprint density at radius 3 is 2.60 bits per heavy atom. The van der Waals surface area contributed by atoms with Crippen LogP contribution < -0.4 is 9.47 Å². The van der Waals surface area contributed by atoms with Crippen molar-refractivity contribution in [2.45, 2.75) is 19.1 Å². The molecule has 2 rings (SSSR count). The average molecular weight is 365 g/mol. The van der Waals surface area contributed by atoms with Crippen LogP contribution in [0.3, 0.4) is 0 Å². The number of esters is 1. The highest BCUT2D eigenvalue weighted by molar-refractivity contribution is 6.17. The third-order valence-corrected chi connectivity index (χ3v) is 3.75. The summed E-state index contributed by atoms with van der Waals surface area (Å²) in [5.41, 5.74) is 1.23. The zero-order chi connectivity index (χ0) is 18.1. The fourth-order valence-electron chi connectivity index (χ4n) is 2.15. The fraction of sp³-hybridized carbons (Fsp3) is 0.316. The van der Waals surface area contributed by atoms with Gasteiger partial charge in [-0.15, -0.1) is 11.6 Å². The van der Waals surface area contributed by atoms with Gasteiger partial charge in [-0.25, -0.2) is 4.79 Å². The first-order chi connectivity index (χ1) is 12.2. The number of ether oxygens (including phenoxy) is 3. The molecule has 0 aliphatic rings. The lowest BCUT2D eigenvalue weighted by Crippen LogP contribution is -2.15. The van der Waals surface area contributed by atoms with Crippen LogP contribution >= 0.6 is 11.6 Å². The van der Waals surface area contributed by atoms with Crippen LogP contribution in [0.15, 0.2) is 48.5 Å². The van der Waals surface area contributed by atoms with Crippen LogP contribution in [0.1, 0.15) is 23.7 Å². The molecule has 0 spiro atoms. The lowest BCUT2D eigenvalue weighted by Gasteiger charge is -2.15. The molecule has 0 aromatic heterocycles. The number of rotatable bonds is 9. The highest BCUT2D eigenvalue weighted by Crippen LogP contribution is 2.31. The first kappa shape index (κ1) is 19.1. The lowest BCUT2D eigenvalue weighted by atomic mass is 10.1. The van der Waals surface area contributed by atoms with E-state index in [1.807, 2.05) is 30.3 Å². The van der Waals surface area contributed by atoms with Gasteiger partial charge in [-0.2, -0.15) is 0 Å². The van der Waals surface area contributed by atoms with Crippen LogP contribution in [0.4, 0.5) is 0 Å². The van der Waals surface area contributed by atoms with E-state index < -0.39 is 12.1 Å². The number of benzene rings is 2. The van der Waals surface area contributed by atoms with Gasteiger partial charge in [0.2, 0.25) is 0 Å². The third-order valence-electron chi connectivity index (χ3n) is 3.49. The van der Waals surface area contributed by atoms with Gasteiger partial charge in [-0.3, -0.25) is 0 Å². The van der Waals surface area contributed by atoms with E-state index in [1.54, 1.807) is 18.2 Å². The molecule has 2 aromatic rings. The molecule has 0 fully saturated rings. The number of aliphatic hydroxyl groups is 1. The molecule has 0 aliphatic heterocycles. The molecule has 5 nitrogen and oxygen atoms in total. The van der Waals surface area contributed by atoms with Gasteiger partial charge < -0.3 is 19.3 Å². The number of hydrogen-bond acceptors (Lipinski definition) is 5. The number of hydrogen-bond donors (Lipinski definition) is 1. The largest absolute Gasteiger partial charge is 0.493 e. The number of carbonyl (C=O) groups is 1. The smallest absolute Gasteiger partial charge is 0.339 e. The topological polar surface area (TPSA) is 65.0 Å². The third kappa shape index (κ3) is 5.66. The van der Waals surface area contributed by atoms with Gasteiger partial charge in [0.25, 0.3) is 0 Å². The number of carbonyl (C=O) groups excluding carboxylic acids is 1. The van der Waals surface area contributed by atoms with E-state index >= 15 is 0 Å². The standard InChI is InChI=1S/C19H21ClO5/c1-23-17-12-15(8-9-16(17)24-11-5-10-20)18(21)19(22)25-13-14-6-3-2-4-7-14/h2-4,6-9,12,18,21H,5,10-11,13H2,1H3. The Morgan fingerprint density at radius 2 is 1.92 bits per heavy atom. The van der Waals surface area contributed by atoms with Gasteiger partial charge in [0.05, 0.1) is 13.7 Å². The highest BCUT2D eigenvalue weighted by atomic mass is 35.5. The fourth-order valence-corrected chi connectivity index (χ4v) is 2.26. The molecule has 1 N–H and O–H groups in total. The van der Waals surface area contributed by atoms with E-state index in [1.165, 1.54) is 7.11 Å². The maximum atomic E-state index is 12.1. The van der Waals surface area contributed by atoms with Crippen molar-refractivity contribution in [2.24, 2.45) is 0 Å². The van der Waals surface area contributed by atoms with Gasteiger partial charge in [0, 0.05) is 5.88 Å². The Balaban J connectivity index is 2.00. The Labute approximate surface area is 152 Å². The Kier molecular flexibility index (Phi) is 7.57. The predicted molar refractivity (Wildman–Crippen MR) is 95.0 cm³/mol. The summed E-state index contributed by atoms with van der Waals surface area (Å²) >= 11 is 5.62. The highest BCUT2D eigenvalue weighted by Gasteiger charge is 2.21. The number of alkyl halides is 1. The molecule has 0 aliphatic carbocycles. The summed E-state index contributed by atoms with van der Waals surface area (Å²) in [6.07, 6.45) is -0.685. The van der Waals surface area contributed by atoms with Gasteiger partial charge in [-0.1, -0.05) is 36.4 Å². The van der Waals surface area contributed by atoms with Crippen LogP contribution in [0.2, 0.25) is 0 Å². The second-order valence-corrected chi connectivity index (χ2v) is 5.68. The minimum Gasteiger partial charge on any atom is -0.493 e. The quantitative estimate of drug-likeness (QED) is 0.419. The zero-order valence-electron chi connectivity index (χ0n) is 14.0. The summed E-state index contributed by atoms with van der Waals surface area (Å²) in [5.74, 6) is 0.747. The molecule has 25 heavy (non-hydrogen) atoms. The van der Waals surface area contributed by atoms with Crippen LogP contribution in [-0.2, 0) is 16.1 Å². The molecule has 0 saturated heterocycles. The summed E-state index contributed by atoms with van der Waals surface area (Å²) in [4.78, 5) is 12.1. The molecule has 0 radical (unpaired) electrons. The Hall–Kier alpha value is -2.24. The first-order valence-corrected chi connectivity index (χ1v) is 8.44. The average Bonchev–Trinajstić information content (AvgIpc) is 2.66. The summed E-state index contributed by atoms with van der Waals surface area (Å²) < 4.78 is 16.0. The molecule has 0 saturated carbocycles. The molecule has 6 heteroatoms. The summed E-state index contributed by atoms with van der Waals surface area (Å²) in [5, 5.41) is 10.2. The van der Waals surface area contributed by atoms with Crippen molar-refractivity contribution in [3.8, 4) is 11.5 Å². The van der Waals surface area contributed by atoms with Crippen LogP contribution in [0.25, 0.3) is 0 Å². The van der Waals surface area contributed by atoms with Gasteiger partial charge in [0.15, 0.2) is 17.6 Å². The normalized spacial score (nSPS) is 11.6. The van der Waals surface area contributed by atoms with Crippen molar-refractivity contribution in [3.05, 3.63) is 59.7 Å².